The highest BCUT2D eigenvalue weighted by molar-refractivity contribution is 8.14. The number of carbonyl (C=O) groups excluding carboxylic acids is 4. The van der Waals surface area contributed by atoms with Gasteiger partial charge < -0.3 is 10.6 Å². The van der Waals surface area contributed by atoms with Crippen LogP contribution in [0.5, 0.6) is 0 Å². The van der Waals surface area contributed by atoms with Gasteiger partial charge in [0, 0.05) is 19.8 Å². The molecular weight excluding hydrogens is 236 g/mol. The second-order valence-electron chi connectivity index (χ2n) is 2.75. The summed E-state index contributed by atoms with van der Waals surface area (Å²) in [6.07, 6.45) is -0.270. The Kier molecular flexibility index (Phi) is 6.93. The van der Waals surface area contributed by atoms with Crippen LogP contribution in [-0.4, -0.2) is 28.7 Å². The predicted molar refractivity (Wildman–Crippen MR) is 55.8 cm³/mol. The monoisotopic (exact) mass is 248 g/mol. The van der Waals surface area contributed by atoms with Crippen molar-refractivity contribution < 1.29 is 24.0 Å². The largest absolute Gasteiger partial charge is 0.370 e. The molecule has 0 fully saturated rings. The summed E-state index contributed by atoms with van der Waals surface area (Å²) in [6, 6.07) is 0. The number of nitrogens with one attached hydrogen (secondary N) is 1. The molecule has 0 aliphatic carbocycles. The number of hydrogen-bond acceptors (Lipinski definition) is 6. The molecule has 0 bridgehead atoms. The van der Waals surface area contributed by atoms with Gasteiger partial charge in [-0.05, 0) is 0 Å². The molecule has 0 aliphatic heterocycles. The Morgan fingerprint density at radius 1 is 1.25 bits per heavy atom. The number of thioether (sulfide) groups is 1. The average Bonchev–Trinajstić information content (AvgIpc) is 2.20. The highest BCUT2D eigenvalue weighted by Gasteiger charge is 2.09. The van der Waals surface area contributed by atoms with Gasteiger partial charge in [-0.25, -0.2) is 4.79 Å². The molecule has 0 aromatic rings. The van der Waals surface area contributed by atoms with Crippen molar-refractivity contribution in [2.24, 2.45) is 5.73 Å². The van der Waals surface area contributed by atoms with Gasteiger partial charge in [-0.3, -0.25) is 14.4 Å². The van der Waals surface area contributed by atoms with E-state index in [0.29, 0.717) is 0 Å². The summed E-state index contributed by atoms with van der Waals surface area (Å²) in [6.45, 7) is 1.31. The number of rotatable bonds is 5. The van der Waals surface area contributed by atoms with Gasteiger partial charge in [0.15, 0.2) is 5.12 Å². The average molecular weight is 248 g/mol. The fraction of sp³-hybridized carbons (Fsp3) is 0.500. The van der Waals surface area contributed by atoms with Gasteiger partial charge in [0.25, 0.3) is 5.91 Å². The fourth-order valence-corrected chi connectivity index (χ4v) is 0.972. The molecule has 2 amide bonds. The van der Waals surface area contributed by atoms with Crippen molar-refractivity contribution in [3.8, 4) is 0 Å². The van der Waals surface area contributed by atoms with Crippen LogP contribution < -0.4 is 11.2 Å². The first-order valence-electron chi connectivity index (χ1n) is 4.32. The van der Waals surface area contributed by atoms with E-state index in [1.54, 1.807) is 0 Å². The van der Waals surface area contributed by atoms with E-state index in [-0.39, 0.29) is 23.7 Å². The Morgan fingerprint density at radius 2 is 1.88 bits per heavy atom. The maximum absolute atomic E-state index is 10.9. The maximum atomic E-state index is 10.9. The Hall–Kier alpha value is -1.57. The van der Waals surface area contributed by atoms with Crippen molar-refractivity contribution >= 4 is 34.7 Å². The Labute approximate surface area is 96.0 Å². The molecule has 8 heteroatoms. The number of primary amides is 1. The first kappa shape index (κ1) is 14.4. The summed E-state index contributed by atoms with van der Waals surface area (Å²) in [5.74, 6) is -2.16. The van der Waals surface area contributed by atoms with Crippen molar-refractivity contribution in [1.29, 1.82) is 0 Å². The van der Waals surface area contributed by atoms with Crippen molar-refractivity contribution in [3.63, 3.8) is 0 Å². The Balaban J connectivity index is 3.63. The van der Waals surface area contributed by atoms with Gasteiger partial charge in [0.2, 0.25) is 5.91 Å². The van der Waals surface area contributed by atoms with E-state index in [1.165, 1.54) is 6.92 Å². The molecule has 0 atom stereocenters. The normalized spacial score (nSPS) is 9.31. The van der Waals surface area contributed by atoms with E-state index >= 15 is 0 Å². The molecule has 0 spiro atoms. The van der Waals surface area contributed by atoms with Crippen LogP contribution in [0, 0.1) is 0 Å². The molecule has 0 aromatic carbocycles. The van der Waals surface area contributed by atoms with Crippen molar-refractivity contribution in [1.82, 2.24) is 5.48 Å². The fourth-order valence-electron chi connectivity index (χ4n) is 0.592. The van der Waals surface area contributed by atoms with E-state index in [2.05, 4.69) is 4.84 Å². The maximum Gasteiger partial charge on any atom is 0.342 e. The van der Waals surface area contributed by atoms with Crippen molar-refractivity contribution in [2.45, 2.75) is 19.8 Å². The standard InChI is InChI=1S/C8H12N2O5S/c1-5(11)16-4-8(14)15-10-7(13)3-2-6(9)12/h2-4H2,1H3,(H2,9,12)(H,10,13). The lowest BCUT2D eigenvalue weighted by molar-refractivity contribution is -0.155. The van der Waals surface area contributed by atoms with Crippen LogP contribution in [-0.2, 0) is 24.0 Å². The molecule has 0 aromatic heterocycles. The summed E-state index contributed by atoms with van der Waals surface area (Å²) in [5, 5.41) is -0.225. The number of carbonyl (C=O) groups is 4. The molecule has 0 saturated heterocycles. The van der Waals surface area contributed by atoms with Crippen LogP contribution in [0.2, 0.25) is 0 Å². The van der Waals surface area contributed by atoms with Crippen molar-refractivity contribution in [2.75, 3.05) is 5.75 Å². The summed E-state index contributed by atoms with van der Waals surface area (Å²) < 4.78 is 0. The first-order chi connectivity index (χ1) is 7.41. The zero-order valence-corrected chi connectivity index (χ0v) is 9.46. The SMILES string of the molecule is CC(=O)SCC(=O)ONC(=O)CCC(N)=O. The van der Waals surface area contributed by atoms with E-state index in [4.69, 9.17) is 5.73 Å². The quantitative estimate of drug-likeness (QED) is 0.609. The third kappa shape index (κ3) is 9.00. The zero-order chi connectivity index (χ0) is 12.6. The number of amides is 2. The zero-order valence-electron chi connectivity index (χ0n) is 8.65. The first-order valence-corrected chi connectivity index (χ1v) is 5.30. The van der Waals surface area contributed by atoms with Gasteiger partial charge in [-0.1, -0.05) is 11.8 Å². The van der Waals surface area contributed by atoms with Crippen LogP contribution in [0.1, 0.15) is 19.8 Å². The molecule has 7 nitrogen and oxygen atoms in total. The molecule has 0 radical (unpaired) electrons. The summed E-state index contributed by atoms with van der Waals surface area (Å²) >= 11 is 0.770. The van der Waals surface area contributed by atoms with Gasteiger partial charge >= 0.3 is 5.97 Å². The molecule has 0 saturated carbocycles. The second kappa shape index (κ2) is 7.69. The van der Waals surface area contributed by atoms with Gasteiger partial charge in [-0.2, -0.15) is 5.48 Å². The lowest BCUT2D eigenvalue weighted by Gasteiger charge is -2.03. The lowest BCUT2D eigenvalue weighted by atomic mass is 10.3. The molecule has 90 valence electrons. The Morgan fingerprint density at radius 3 is 2.38 bits per heavy atom. The highest BCUT2D eigenvalue weighted by Crippen LogP contribution is 2.00. The summed E-state index contributed by atoms with van der Waals surface area (Å²) in [7, 11) is 0. The topological polar surface area (TPSA) is 116 Å². The smallest absolute Gasteiger partial charge is 0.342 e. The van der Waals surface area contributed by atoms with E-state index in [1.807, 2.05) is 5.48 Å². The second-order valence-corrected chi connectivity index (χ2v) is 3.90. The van der Waals surface area contributed by atoms with Gasteiger partial charge in [-0.15, -0.1) is 0 Å². The summed E-state index contributed by atoms with van der Waals surface area (Å²) in [5.41, 5.74) is 6.65. The van der Waals surface area contributed by atoms with Gasteiger partial charge in [0.1, 0.15) is 5.75 Å². The third-order valence-corrected chi connectivity index (χ3v) is 2.06. The molecule has 3 N–H and O–H groups in total. The third-order valence-electron chi connectivity index (χ3n) is 1.27. The molecule has 0 rings (SSSR count). The molecule has 0 unspecified atom stereocenters. The van der Waals surface area contributed by atoms with Crippen LogP contribution in [0.25, 0.3) is 0 Å². The van der Waals surface area contributed by atoms with E-state index < -0.39 is 17.8 Å². The molecule has 0 aliphatic rings. The predicted octanol–water partition coefficient (Wildman–Crippen LogP) is -0.894. The van der Waals surface area contributed by atoms with Crippen LogP contribution in [0.15, 0.2) is 0 Å². The minimum absolute atomic E-state index is 0.119. The Bertz CT molecular complexity index is 275. The highest BCUT2D eigenvalue weighted by atomic mass is 32.2. The number of nitrogens with two attached hydrogens (primary N) is 1. The van der Waals surface area contributed by atoms with E-state index in [0.717, 1.165) is 11.8 Å². The van der Waals surface area contributed by atoms with Crippen LogP contribution in [0.4, 0.5) is 0 Å². The minimum atomic E-state index is -0.743. The number of hydroxylamine groups is 1. The molecule has 16 heavy (non-hydrogen) atoms. The van der Waals surface area contributed by atoms with Gasteiger partial charge in [0.05, 0.1) is 0 Å². The lowest BCUT2D eigenvalue weighted by Crippen LogP contribution is -2.28. The van der Waals surface area contributed by atoms with E-state index in [9.17, 15) is 19.2 Å². The number of hydrogen-bond donors (Lipinski definition) is 2. The summed E-state index contributed by atoms with van der Waals surface area (Å²) in [4.78, 5) is 46.9. The van der Waals surface area contributed by atoms with Crippen LogP contribution in [0.3, 0.4) is 0 Å². The van der Waals surface area contributed by atoms with Crippen LogP contribution >= 0.6 is 11.8 Å². The van der Waals surface area contributed by atoms with Crippen molar-refractivity contribution in [3.05, 3.63) is 0 Å². The molecule has 0 heterocycles. The molecular formula is C8H12N2O5S. The minimum Gasteiger partial charge on any atom is -0.370 e.